The average Bonchev–Trinajstić information content (AvgIpc) is 3.31. The van der Waals surface area contributed by atoms with E-state index in [0.29, 0.717) is 17.2 Å². The van der Waals surface area contributed by atoms with Gasteiger partial charge in [0.05, 0.1) is 22.0 Å². The summed E-state index contributed by atoms with van der Waals surface area (Å²) < 4.78 is 1.61. The van der Waals surface area contributed by atoms with Gasteiger partial charge in [-0.2, -0.15) is 0 Å². The maximum atomic E-state index is 12.7. The Morgan fingerprint density at radius 1 is 1.13 bits per heavy atom. The van der Waals surface area contributed by atoms with E-state index >= 15 is 0 Å². The molecule has 0 aliphatic carbocycles. The predicted molar refractivity (Wildman–Crippen MR) is 117 cm³/mol. The molecular formula is C21H18N6O3S. The second-order valence-corrected chi connectivity index (χ2v) is 7.94. The smallest absolute Gasteiger partial charge is 0.279 e. The van der Waals surface area contributed by atoms with Gasteiger partial charge in [0, 0.05) is 23.4 Å². The number of hydrogen-bond donors (Lipinski definition) is 1. The van der Waals surface area contributed by atoms with Crippen molar-refractivity contribution < 1.29 is 9.72 Å². The third-order valence-electron chi connectivity index (χ3n) is 4.74. The molecule has 9 nitrogen and oxygen atoms in total. The van der Waals surface area contributed by atoms with E-state index < -0.39 is 4.92 Å². The summed E-state index contributed by atoms with van der Waals surface area (Å²) in [7, 11) is 0. The van der Waals surface area contributed by atoms with Crippen molar-refractivity contribution in [2.45, 2.75) is 20.3 Å². The van der Waals surface area contributed by atoms with Crippen molar-refractivity contribution in [3.05, 3.63) is 92.2 Å². The lowest BCUT2D eigenvalue weighted by Gasteiger charge is -2.03. The first kappa shape index (κ1) is 20.4. The van der Waals surface area contributed by atoms with Crippen LogP contribution in [0.1, 0.15) is 32.3 Å². The molecule has 1 amide bonds. The molecule has 31 heavy (non-hydrogen) atoms. The molecule has 10 heteroatoms. The van der Waals surface area contributed by atoms with E-state index in [2.05, 4.69) is 20.6 Å². The van der Waals surface area contributed by atoms with E-state index in [4.69, 9.17) is 0 Å². The second-order valence-electron chi connectivity index (χ2n) is 6.85. The van der Waals surface area contributed by atoms with Gasteiger partial charge in [0.2, 0.25) is 0 Å². The second kappa shape index (κ2) is 8.44. The third-order valence-corrected chi connectivity index (χ3v) is 5.81. The summed E-state index contributed by atoms with van der Waals surface area (Å²) in [6.07, 6.45) is 0.570. The Hall–Kier alpha value is -3.92. The number of rotatable bonds is 6. The molecule has 4 aromatic rings. The quantitative estimate of drug-likeness (QED) is 0.361. The van der Waals surface area contributed by atoms with Crippen molar-refractivity contribution in [1.82, 2.24) is 20.0 Å². The molecule has 0 spiro atoms. The molecule has 0 atom stereocenters. The highest BCUT2D eigenvalue weighted by Crippen LogP contribution is 2.26. The molecule has 0 bridgehead atoms. The highest BCUT2D eigenvalue weighted by atomic mass is 32.1. The van der Waals surface area contributed by atoms with Crippen LogP contribution in [0.25, 0.3) is 5.69 Å². The van der Waals surface area contributed by atoms with Crippen molar-refractivity contribution in [1.29, 1.82) is 0 Å². The SMILES string of the molecule is Cc1nc(NC(=O)c2nnn(-c3ccccc3)c2C)sc1Cc1ccc([N+](=O)[O-])cc1. The topological polar surface area (TPSA) is 116 Å². The van der Waals surface area contributed by atoms with E-state index in [1.54, 1.807) is 23.7 Å². The summed E-state index contributed by atoms with van der Waals surface area (Å²) in [5.41, 5.74) is 3.45. The fraction of sp³-hybridized carbons (Fsp3) is 0.143. The van der Waals surface area contributed by atoms with Crippen molar-refractivity contribution in [2.75, 3.05) is 5.32 Å². The molecule has 0 aliphatic heterocycles. The number of anilines is 1. The maximum absolute atomic E-state index is 12.7. The van der Waals surface area contributed by atoms with Gasteiger partial charge in [-0.05, 0) is 31.5 Å². The first-order valence-electron chi connectivity index (χ1n) is 9.41. The number of hydrogen-bond acceptors (Lipinski definition) is 7. The summed E-state index contributed by atoms with van der Waals surface area (Å²) in [6, 6.07) is 15.9. The number of aromatic nitrogens is 4. The zero-order chi connectivity index (χ0) is 22.0. The van der Waals surface area contributed by atoms with Gasteiger partial charge in [-0.1, -0.05) is 35.5 Å². The van der Waals surface area contributed by atoms with Crippen LogP contribution in [0.5, 0.6) is 0 Å². The Balaban J connectivity index is 1.49. The third kappa shape index (κ3) is 4.33. The van der Waals surface area contributed by atoms with Crippen molar-refractivity contribution in [2.24, 2.45) is 0 Å². The molecule has 0 fully saturated rings. The molecule has 0 unspecified atom stereocenters. The first-order valence-corrected chi connectivity index (χ1v) is 10.2. The molecular weight excluding hydrogens is 416 g/mol. The van der Waals surface area contributed by atoms with Gasteiger partial charge in [-0.25, -0.2) is 9.67 Å². The number of nitrogens with zero attached hydrogens (tertiary/aromatic N) is 5. The largest absolute Gasteiger partial charge is 0.296 e. The molecule has 2 heterocycles. The standard InChI is InChI=1S/C21H18N6O3S/c1-13-18(12-15-8-10-17(11-9-15)27(29)30)31-21(22-13)23-20(28)19-14(2)26(25-24-19)16-6-4-3-5-7-16/h3-11H,12H2,1-2H3,(H,22,23,28). The van der Waals surface area contributed by atoms with Gasteiger partial charge in [-0.3, -0.25) is 20.2 Å². The lowest BCUT2D eigenvalue weighted by molar-refractivity contribution is -0.384. The molecule has 0 saturated carbocycles. The molecule has 2 aromatic heterocycles. The van der Waals surface area contributed by atoms with Crippen LogP contribution in [-0.2, 0) is 6.42 Å². The van der Waals surface area contributed by atoms with Crippen LogP contribution in [0, 0.1) is 24.0 Å². The normalized spacial score (nSPS) is 10.8. The molecule has 0 saturated heterocycles. The Bertz CT molecular complexity index is 1250. The van der Waals surface area contributed by atoms with Crippen LogP contribution in [0.15, 0.2) is 54.6 Å². The predicted octanol–water partition coefficient (Wildman–Crippen LogP) is 4.09. The number of non-ortho nitro benzene ring substituents is 1. The van der Waals surface area contributed by atoms with E-state index in [1.165, 1.54) is 23.5 Å². The summed E-state index contributed by atoms with van der Waals surface area (Å²) in [6.45, 7) is 3.65. The molecule has 0 radical (unpaired) electrons. The summed E-state index contributed by atoms with van der Waals surface area (Å²) >= 11 is 1.36. The van der Waals surface area contributed by atoms with Crippen molar-refractivity contribution >= 4 is 28.1 Å². The Morgan fingerprint density at radius 3 is 2.52 bits per heavy atom. The zero-order valence-electron chi connectivity index (χ0n) is 16.8. The maximum Gasteiger partial charge on any atom is 0.279 e. The van der Waals surface area contributed by atoms with Crippen LogP contribution in [0.3, 0.4) is 0 Å². The van der Waals surface area contributed by atoms with Gasteiger partial charge in [0.15, 0.2) is 10.8 Å². The number of benzene rings is 2. The number of aryl methyl sites for hydroxylation is 1. The van der Waals surface area contributed by atoms with Gasteiger partial charge < -0.3 is 0 Å². The van der Waals surface area contributed by atoms with Crippen LogP contribution in [0.2, 0.25) is 0 Å². The number of amides is 1. The highest BCUT2D eigenvalue weighted by molar-refractivity contribution is 7.15. The van der Waals surface area contributed by atoms with E-state index in [1.807, 2.05) is 37.3 Å². The minimum Gasteiger partial charge on any atom is -0.296 e. The van der Waals surface area contributed by atoms with Gasteiger partial charge >= 0.3 is 0 Å². The van der Waals surface area contributed by atoms with Crippen LogP contribution in [0.4, 0.5) is 10.8 Å². The summed E-state index contributed by atoms with van der Waals surface area (Å²) in [4.78, 5) is 28.5. The van der Waals surface area contributed by atoms with E-state index in [0.717, 1.165) is 21.8 Å². The molecule has 156 valence electrons. The Morgan fingerprint density at radius 2 is 1.84 bits per heavy atom. The molecule has 0 aliphatic rings. The summed E-state index contributed by atoms with van der Waals surface area (Å²) in [5, 5.41) is 22.2. The zero-order valence-corrected chi connectivity index (χ0v) is 17.6. The van der Waals surface area contributed by atoms with Gasteiger partial charge in [0.1, 0.15) is 0 Å². The number of nitrogens with one attached hydrogen (secondary N) is 1. The Labute approximate surface area is 181 Å². The first-order chi connectivity index (χ1) is 14.9. The number of nitro groups is 1. The number of para-hydroxylation sites is 1. The minimum absolute atomic E-state index is 0.0525. The number of carbonyl (C=O) groups excluding carboxylic acids is 1. The molecule has 2 aromatic carbocycles. The fourth-order valence-electron chi connectivity index (χ4n) is 3.08. The van der Waals surface area contributed by atoms with Crippen LogP contribution < -0.4 is 5.32 Å². The minimum atomic E-state index is -0.425. The average molecular weight is 434 g/mol. The number of thiazole rings is 1. The number of nitro benzene ring substituents is 1. The number of carbonyl (C=O) groups is 1. The highest BCUT2D eigenvalue weighted by Gasteiger charge is 2.19. The molecule has 4 rings (SSSR count). The van der Waals surface area contributed by atoms with Gasteiger partial charge in [-0.15, -0.1) is 16.4 Å². The summed E-state index contributed by atoms with van der Waals surface area (Å²) in [5.74, 6) is -0.379. The lowest BCUT2D eigenvalue weighted by Crippen LogP contribution is -2.14. The lowest BCUT2D eigenvalue weighted by atomic mass is 10.1. The van der Waals surface area contributed by atoms with Gasteiger partial charge in [0.25, 0.3) is 11.6 Å². The van der Waals surface area contributed by atoms with E-state index in [-0.39, 0.29) is 17.3 Å². The monoisotopic (exact) mass is 434 g/mol. The van der Waals surface area contributed by atoms with Crippen LogP contribution in [-0.4, -0.2) is 30.8 Å². The van der Waals surface area contributed by atoms with Crippen molar-refractivity contribution in [3.8, 4) is 5.69 Å². The Kier molecular flexibility index (Phi) is 5.54. The van der Waals surface area contributed by atoms with Crippen molar-refractivity contribution in [3.63, 3.8) is 0 Å². The fourth-order valence-corrected chi connectivity index (χ4v) is 4.07. The van der Waals surface area contributed by atoms with Crippen LogP contribution >= 0.6 is 11.3 Å². The molecule has 1 N–H and O–H groups in total. The van der Waals surface area contributed by atoms with E-state index in [9.17, 15) is 14.9 Å².